The molecule has 0 aliphatic carbocycles. The van der Waals surface area contributed by atoms with Gasteiger partial charge in [0.1, 0.15) is 5.60 Å². The molecule has 2 rings (SSSR count). The number of nitrogens with zero attached hydrogens (tertiary/aromatic N) is 2. The third kappa shape index (κ3) is 9.85. The quantitative estimate of drug-likeness (QED) is 0.615. The van der Waals surface area contributed by atoms with Crippen molar-refractivity contribution in [2.24, 2.45) is 5.73 Å². The van der Waals surface area contributed by atoms with Gasteiger partial charge in [-0.3, -0.25) is 0 Å². The predicted molar refractivity (Wildman–Crippen MR) is 104 cm³/mol. The number of nitrogen functional groups attached to an aromatic ring is 2. The summed E-state index contributed by atoms with van der Waals surface area (Å²) in [5.74, 6) is 0. The first-order valence-electron chi connectivity index (χ1n) is 7.76. The van der Waals surface area contributed by atoms with Crippen molar-refractivity contribution in [1.29, 1.82) is 0 Å². The average Bonchev–Trinajstić information content (AvgIpc) is 3.07. The molecule has 1 amide bonds. The molecule has 0 radical (unpaired) electrons. The number of hydrogen-bond acceptors (Lipinski definition) is 9. The van der Waals surface area contributed by atoms with E-state index in [1.54, 1.807) is 0 Å². The molecular formula is C15H26N6O2S2. The van der Waals surface area contributed by atoms with Crippen LogP contribution in [0.2, 0.25) is 0 Å². The van der Waals surface area contributed by atoms with Crippen molar-refractivity contribution in [3.63, 3.8) is 0 Å². The smallest absolute Gasteiger partial charge is 0.407 e. The fraction of sp³-hybridized carbons (Fsp3) is 0.533. The van der Waals surface area contributed by atoms with Crippen LogP contribution in [0.25, 0.3) is 0 Å². The zero-order valence-corrected chi connectivity index (χ0v) is 16.4. The fourth-order valence-electron chi connectivity index (χ4n) is 1.63. The van der Waals surface area contributed by atoms with Gasteiger partial charge >= 0.3 is 6.09 Å². The Bertz CT molecular complexity index is 650. The molecule has 0 saturated heterocycles. The Morgan fingerprint density at radius 1 is 1.12 bits per heavy atom. The first-order valence-corrected chi connectivity index (χ1v) is 9.52. The number of nitrogens with two attached hydrogens (primary N) is 3. The van der Waals surface area contributed by atoms with Crippen LogP contribution in [-0.2, 0) is 17.6 Å². The number of ether oxygens (including phenoxy) is 1. The van der Waals surface area contributed by atoms with Crippen molar-refractivity contribution in [1.82, 2.24) is 15.3 Å². The van der Waals surface area contributed by atoms with E-state index >= 15 is 0 Å². The number of hydrogen-bond donors (Lipinski definition) is 4. The van der Waals surface area contributed by atoms with Crippen molar-refractivity contribution in [3.05, 3.63) is 22.1 Å². The number of amides is 1. The number of alkyl carbamates (subject to hydrolysis) is 1. The molecule has 0 spiro atoms. The Morgan fingerprint density at radius 3 is 2.04 bits per heavy atom. The van der Waals surface area contributed by atoms with Gasteiger partial charge in [0, 0.05) is 30.1 Å². The largest absolute Gasteiger partial charge is 0.444 e. The molecule has 7 N–H and O–H groups in total. The molecule has 0 fully saturated rings. The summed E-state index contributed by atoms with van der Waals surface area (Å²) < 4.78 is 5.09. The third-order valence-electron chi connectivity index (χ3n) is 2.59. The highest BCUT2D eigenvalue weighted by molar-refractivity contribution is 7.13. The number of carbonyl (C=O) groups is 1. The van der Waals surface area contributed by atoms with E-state index in [1.165, 1.54) is 22.7 Å². The summed E-state index contributed by atoms with van der Waals surface area (Å²) in [5, 5.41) is 7.65. The Labute approximate surface area is 155 Å². The van der Waals surface area contributed by atoms with E-state index in [0.717, 1.165) is 17.8 Å². The number of aromatic nitrogens is 2. The minimum absolute atomic E-state index is 0.407. The zero-order valence-electron chi connectivity index (χ0n) is 14.7. The number of thiazole rings is 2. The van der Waals surface area contributed by atoms with Crippen LogP contribution in [0.1, 0.15) is 32.2 Å². The summed E-state index contributed by atoms with van der Waals surface area (Å²) in [7, 11) is 0. The Kier molecular flexibility index (Phi) is 8.59. The van der Waals surface area contributed by atoms with Crippen LogP contribution in [0.15, 0.2) is 10.8 Å². The van der Waals surface area contributed by atoms with Crippen molar-refractivity contribution in [3.8, 4) is 0 Å². The minimum Gasteiger partial charge on any atom is -0.444 e. The summed E-state index contributed by atoms with van der Waals surface area (Å²) >= 11 is 2.85. The molecule has 2 aromatic heterocycles. The molecule has 0 aliphatic rings. The molecule has 0 aliphatic heterocycles. The van der Waals surface area contributed by atoms with Crippen LogP contribution < -0.4 is 22.5 Å². The van der Waals surface area contributed by atoms with Gasteiger partial charge in [-0.05, 0) is 27.3 Å². The standard InChI is InChI=1S/C10H17N3O2S.C5H9N3S/c1-10(2,3)15-9(14)12-5-4-7-6-16-8(11)13-7;6-2-1-4-3-9-5(7)8-4/h6H,4-5H2,1-3H3,(H2,11,13)(H,12,14);3H,1-2,6H2,(H2,7,8). The van der Waals surface area contributed by atoms with Crippen LogP contribution >= 0.6 is 22.7 Å². The predicted octanol–water partition coefficient (Wildman–Crippen LogP) is 2.02. The maximum Gasteiger partial charge on any atom is 0.407 e. The summed E-state index contributed by atoms with van der Waals surface area (Å²) in [6.45, 7) is 6.62. The summed E-state index contributed by atoms with van der Waals surface area (Å²) in [6, 6.07) is 0. The Hall–Kier alpha value is -1.91. The highest BCUT2D eigenvalue weighted by Crippen LogP contribution is 2.11. The Balaban J connectivity index is 0.000000293. The van der Waals surface area contributed by atoms with Gasteiger partial charge in [0.15, 0.2) is 10.3 Å². The van der Waals surface area contributed by atoms with Crippen LogP contribution in [0.4, 0.5) is 15.1 Å². The molecule has 0 unspecified atom stereocenters. The lowest BCUT2D eigenvalue weighted by Crippen LogP contribution is -2.33. The zero-order chi connectivity index (χ0) is 18.9. The van der Waals surface area contributed by atoms with Gasteiger partial charge in [-0.25, -0.2) is 14.8 Å². The maximum absolute atomic E-state index is 11.3. The molecule has 25 heavy (non-hydrogen) atoms. The lowest BCUT2D eigenvalue weighted by atomic mass is 10.2. The van der Waals surface area contributed by atoms with Gasteiger partial charge in [0.05, 0.1) is 11.4 Å². The van der Waals surface area contributed by atoms with E-state index in [9.17, 15) is 4.79 Å². The van der Waals surface area contributed by atoms with Gasteiger partial charge < -0.3 is 27.3 Å². The molecular weight excluding hydrogens is 360 g/mol. The van der Waals surface area contributed by atoms with Gasteiger partial charge in [0.2, 0.25) is 0 Å². The van der Waals surface area contributed by atoms with Crippen LogP contribution in [0, 0.1) is 0 Å². The second-order valence-electron chi connectivity index (χ2n) is 6.07. The monoisotopic (exact) mass is 386 g/mol. The second-order valence-corrected chi connectivity index (χ2v) is 7.85. The lowest BCUT2D eigenvalue weighted by Gasteiger charge is -2.19. The van der Waals surface area contributed by atoms with E-state index < -0.39 is 11.7 Å². The first kappa shape index (κ1) is 21.1. The highest BCUT2D eigenvalue weighted by atomic mass is 32.1. The average molecular weight is 387 g/mol. The van der Waals surface area contributed by atoms with Gasteiger partial charge in [-0.15, -0.1) is 22.7 Å². The molecule has 140 valence electrons. The molecule has 8 nitrogen and oxygen atoms in total. The molecule has 0 aromatic carbocycles. The molecule has 0 atom stereocenters. The Morgan fingerprint density at radius 2 is 1.64 bits per heavy atom. The van der Waals surface area contributed by atoms with Crippen LogP contribution in [0.5, 0.6) is 0 Å². The fourth-order valence-corrected chi connectivity index (χ4v) is 2.82. The summed E-state index contributed by atoms with van der Waals surface area (Å²) in [6.07, 6.45) is 1.08. The summed E-state index contributed by atoms with van der Waals surface area (Å²) in [5.41, 5.74) is 17.6. The normalized spacial score (nSPS) is 10.7. The molecule has 2 aromatic rings. The maximum atomic E-state index is 11.3. The van der Waals surface area contributed by atoms with Crippen molar-refractivity contribution < 1.29 is 9.53 Å². The van der Waals surface area contributed by atoms with Crippen molar-refractivity contribution >= 4 is 39.0 Å². The van der Waals surface area contributed by atoms with Crippen molar-refractivity contribution in [2.45, 2.75) is 39.2 Å². The van der Waals surface area contributed by atoms with E-state index in [2.05, 4.69) is 15.3 Å². The number of nitrogens with one attached hydrogen (secondary N) is 1. The molecule has 2 heterocycles. The van der Waals surface area contributed by atoms with Gasteiger partial charge in [0.25, 0.3) is 0 Å². The van der Waals surface area contributed by atoms with E-state index in [4.69, 9.17) is 21.9 Å². The van der Waals surface area contributed by atoms with Gasteiger partial charge in [-0.1, -0.05) is 0 Å². The highest BCUT2D eigenvalue weighted by Gasteiger charge is 2.15. The molecule has 10 heteroatoms. The van der Waals surface area contributed by atoms with Crippen LogP contribution in [-0.4, -0.2) is 34.8 Å². The van der Waals surface area contributed by atoms with Crippen LogP contribution in [0.3, 0.4) is 0 Å². The van der Waals surface area contributed by atoms with Crippen molar-refractivity contribution in [2.75, 3.05) is 24.6 Å². The SMILES string of the molecule is CC(C)(C)OC(=O)NCCc1csc(N)n1.NCCc1csc(N)n1. The third-order valence-corrected chi connectivity index (χ3v) is 4.03. The van der Waals surface area contributed by atoms with E-state index in [0.29, 0.717) is 29.8 Å². The minimum atomic E-state index is -0.463. The van der Waals surface area contributed by atoms with E-state index in [-0.39, 0.29) is 0 Å². The number of carbonyl (C=O) groups excluding carboxylic acids is 1. The second kappa shape index (κ2) is 10.2. The number of anilines is 2. The first-order chi connectivity index (χ1) is 11.7. The lowest BCUT2D eigenvalue weighted by molar-refractivity contribution is 0.0528. The molecule has 0 bridgehead atoms. The topological polar surface area (TPSA) is 142 Å². The van der Waals surface area contributed by atoms with Gasteiger partial charge in [-0.2, -0.15) is 0 Å². The summed E-state index contributed by atoms with van der Waals surface area (Å²) in [4.78, 5) is 19.4. The number of rotatable bonds is 5. The van der Waals surface area contributed by atoms with E-state index in [1.807, 2.05) is 31.5 Å². The molecule has 0 saturated carbocycles.